The van der Waals surface area contributed by atoms with E-state index in [-0.39, 0.29) is 24.8 Å². The number of oxazole rings is 1. The number of halogens is 3. The monoisotopic (exact) mass is 349 g/mol. The van der Waals surface area contributed by atoms with E-state index >= 15 is 0 Å². The van der Waals surface area contributed by atoms with Crippen LogP contribution < -0.4 is 5.32 Å². The highest BCUT2D eigenvalue weighted by molar-refractivity contribution is 6.30. The highest BCUT2D eigenvalue weighted by atomic mass is 35.5. The molecule has 7 heteroatoms. The molecule has 1 aromatic carbocycles. The third-order valence-corrected chi connectivity index (χ3v) is 3.67. The Morgan fingerprint density at radius 3 is 2.76 bits per heavy atom. The van der Waals surface area contributed by atoms with Crippen molar-refractivity contribution in [1.29, 1.82) is 0 Å². The van der Waals surface area contributed by atoms with Crippen LogP contribution in [0.1, 0.15) is 5.89 Å². The Morgan fingerprint density at radius 2 is 2.14 bits per heavy atom. The molecule has 0 radical (unpaired) electrons. The van der Waals surface area contributed by atoms with Gasteiger partial charge in [0.2, 0.25) is 5.89 Å². The lowest BCUT2D eigenvalue weighted by molar-refractivity contribution is 0.160. The first kappa shape index (κ1) is 18.3. The van der Waals surface area contributed by atoms with Crippen molar-refractivity contribution >= 4 is 36.4 Å². The summed E-state index contributed by atoms with van der Waals surface area (Å²) < 4.78 is 5.78. The molecule has 4 nitrogen and oxygen atoms in total. The van der Waals surface area contributed by atoms with Crippen molar-refractivity contribution in [3.8, 4) is 11.3 Å². The second-order valence-corrected chi connectivity index (χ2v) is 5.29. The van der Waals surface area contributed by atoms with E-state index in [0.29, 0.717) is 11.1 Å². The molecule has 3 rings (SSSR count). The van der Waals surface area contributed by atoms with Crippen molar-refractivity contribution in [2.24, 2.45) is 0 Å². The Labute approximate surface area is 141 Å². The summed E-state index contributed by atoms with van der Waals surface area (Å²) in [5.41, 5.74) is 0.958. The topological polar surface area (TPSA) is 41.3 Å². The Hall–Kier alpha value is -0.780. The fraction of sp³-hybridized carbons (Fsp3) is 0.357. The van der Waals surface area contributed by atoms with Crippen LogP contribution >= 0.6 is 36.4 Å². The van der Waals surface area contributed by atoms with Crippen molar-refractivity contribution in [1.82, 2.24) is 15.2 Å². The van der Waals surface area contributed by atoms with E-state index in [2.05, 4.69) is 22.2 Å². The summed E-state index contributed by atoms with van der Waals surface area (Å²) in [5.74, 6) is 1.50. The van der Waals surface area contributed by atoms with Gasteiger partial charge in [-0.25, -0.2) is 4.98 Å². The first-order valence-corrected chi connectivity index (χ1v) is 6.72. The molecule has 1 N–H and O–H groups in total. The molecule has 116 valence electrons. The van der Waals surface area contributed by atoms with E-state index in [1.54, 1.807) is 6.20 Å². The molecule has 0 amide bonds. The van der Waals surface area contributed by atoms with Crippen molar-refractivity contribution in [3.63, 3.8) is 0 Å². The molecule has 0 spiro atoms. The Kier molecular flexibility index (Phi) is 6.97. The number of rotatable bonds is 4. The molecule has 0 unspecified atom stereocenters. The van der Waals surface area contributed by atoms with Crippen molar-refractivity contribution in [2.75, 3.05) is 20.1 Å². The predicted octanol–water partition coefficient (Wildman–Crippen LogP) is 3.24. The van der Waals surface area contributed by atoms with E-state index in [4.69, 9.17) is 16.0 Å². The van der Waals surface area contributed by atoms with Crippen LogP contribution in [-0.4, -0.2) is 36.1 Å². The summed E-state index contributed by atoms with van der Waals surface area (Å²) >= 11 is 5.98. The normalized spacial score (nSPS) is 14.2. The fourth-order valence-electron chi connectivity index (χ4n) is 2.09. The van der Waals surface area contributed by atoms with Crippen LogP contribution in [0.15, 0.2) is 34.9 Å². The van der Waals surface area contributed by atoms with Gasteiger partial charge in [-0.1, -0.05) is 23.7 Å². The van der Waals surface area contributed by atoms with Crippen molar-refractivity contribution < 1.29 is 4.42 Å². The van der Waals surface area contributed by atoms with Gasteiger partial charge in [0.25, 0.3) is 0 Å². The minimum Gasteiger partial charge on any atom is -0.439 e. The third-order valence-electron chi connectivity index (χ3n) is 3.43. The lowest BCUT2D eigenvalue weighted by Gasteiger charge is -2.34. The second-order valence-electron chi connectivity index (χ2n) is 4.86. The van der Waals surface area contributed by atoms with Crippen LogP contribution in [0.25, 0.3) is 11.3 Å². The lowest BCUT2D eigenvalue weighted by atomic mass is 10.1. The quantitative estimate of drug-likeness (QED) is 0.919. The Balaban J connectivity index is 0.00000110. The number of nitrogens with one attached hydrogen (secondary N) is 1. The number of hydrogen-bond acceptors (Lipinski definition) is 4. The molecular weight excluding hydrogens is 333 g/mol. The molecule has 0 atom stereocenters. The molecule has 1 aliphatic rings. The Bertz CT molecular complexity index is 572. The van der Waals surface area contributed by atoms with Crippen LogP contribution in [0.5, 0.6) is 0 Å². The zero-order valence-corrected chi connectivity index (χ0v) is 14.0. The second kappa shape index (κ2) is 8.01. The zero-order chi connectivity index (χ0) is 13.2. The summed E-state index contributed by atoms with van der Waals surface area (Å²) in [6, 6.07) is 8.19. The van der Waals surface area contributed by atoms with Gasteiger partial charge in [-0.15, -0.1) is 24.8 Å². The first-order chi connectivity index (χ1) is 9.22. The number of likely N-dealkylation sites (N-methyl/N-ethyl adjacent to an activating group) is 1. The molecule has 1 aliphatic heterocycles. The van der Waals surface area contributed by atoms with Gasteiger partial charge in [-0.3, -0.25) is 4.90 Å². The van der Waals surface area contributed by atoms with Gasteiger partial charge in [-0.2, -0.15) is 0 Å². The average Bonchev–Trinajstić information content (AvgIpc) is 2.75. The van der Waals surface area contributed by atoms with Gasteiger partial charge in [0.1, 0.15) is 0 Å². The molecule has 2 aromatic rings. The minimum atomic E-state index is 0. The predicted molar refractivity (Wildman–Crippen MR) is 89.6 cm³/mol. The maximum atomic E-state index is 5.98. The van der Waals surface area contributed by atoms with E-state index in [0.717, 1.165) is 36.8 Å². The van der Waals surface area contributed by atoms with Gasteiger partial charge in [0, 0.05) is 29.7 Å². The molecule has 1 saturated heterocycles. The SMILES string of the molecule is CN(Cc1ncc(-c2cccc(Cl)c2)o1)C1CNC1.Cl.Cl. The molecule has 1 aromatic heterocycles. The van der Waals surface area contributed by atoms with E-state index in [1.165, 1.54) is 0 Å². The number of hydrogen-bond donors (Lipinski definition) is 1. The van der Waals surface area contributed by atoms with Crippen LogP contribution in [0.4, 0.5) is 0 Å². The lowest BCUT2D eigenvalue weighted by Crippen LogP contribution is -2.55. The molecule has 0 saturated carbocycles. The summed E-state index contributed by atoms with van der Waals surface area (Å²) in [6.45, 7) is 2.81. The summed E-state index contributed by atoms with van der Waals surface area (Å²) in [6.07, 6.45) is 1.76. The smallest absolute Gasteiger partial charge is 0.209 e. The minimum absolute atomic E-state index is 0. The zero-order valence-electron chi connectivity index (χ0n) is 11.6. The van der Waals surface area contributed by atoms with Gasteiger partial charge >= 0.3 is 0 Å². The van der Waals surface area contributed by atoms with E-state index in [9.17, 15) is 0 Å². The van der Waals surface area contributed by atoms with Crippen LogP contribution in [-0.2, 0) is 6.54 Å². The van der Waals surface area contributed by atoms with Gasteiger partial charge < -0.3 is 9.73 Å². The van der Waals surface area contributed by atoms with E-state index < -0.39 is 0 Å². The highest BCUT2D eigenvalue weighted by Gasteiger charge is 2.22. The third kappa shape index (κ3) is 4.34. The largest absolute Gasteiger partial charge is 0.439 e. The number of nitrogens with zero attached hydrogens (tertiary/aromatic N) is 2. The van der Waals surface area contributed by atoms with Gasteiger partial charge in [0.15, 0.2) is 5.76 Å². The van der Waals surface area contributed by atoms with Crippen molar-refractivity contribution in [2.45, 2.75) is 12.6 Å². The summed E-state index contributed by atoms with van der Waals surface area (Å²) in [4.78, 5) is 6.59. The van der Waals surface area contributed by atoms with Crippen LogP contribution in [0.2, 0.25) is 5.02 Å². The van der Waals surface area contributed by atoms with Gasteiger partial charge in [0.05, 0.1) is 12.7 Å². The summed E-state index contributed by atoms with van der Waals surface area (Å²) in [7, 11) is 2.09. The fourth-order valence-corrected chi connectivity index (χ4v) is 2.28. The average molecular weight is 351 g/mol. The van der Waals surface area contributed by atoms with E-state index in [1.807, 2.05) is 24.3 Å². The first-order valence-electron chi connectivity index (χ1n) is 6.34. The number of benzene rings is 1. The van der Waals surface area contributed by atoms with Crippen LogP contribution in [0, 0.1) is 0 Å². The molecule has 21 heavy (non-hydrogen) atoms. The van der Waals surface area contributed by atoms with Crippen molar-refractivity contribution in [3.05, 3.63) is 41.4 Å². The molecular formula is C14H18Cl3N3O. The molecule has 1 fully saturated rings. The summed E-state index contributed by atoms with van der Waals surface area (Å²) in [5, 5.41) is 3.96. The standard InChI is InChI=1S/C14H16ClN3O.2ClH/c1-18(12-6-16-7-12)9-14-17-8-13(19-14)10-3-2-4-11(15)5-10;;/h2-5,8,12,16H,6-7,9H2,1H3;2*1H. The maximum Gasteiger partial charge on any atom is 0.209 e. The molecule has 2 heterocycles. The maximum absolute atomic E-state index is 5.98. The van der Waals surface area contributed by atoms with Crippen LogP contribution in [0.3, 0.4) is 0 Å². The number of aromatic nitrogens is 1. The molecule has 0 aliphatic carbocycles. The van der Waals surface area contributed by atoms with Gasteiger partial charge in [-0.05, 0) is 19.2 Å². The highest BCUT2D eigenvalue weighted by Crippen LogP contribution is 2.24. The Morgan fingerprint density at radius 1 is 1.38 bits per heavy atom. The molecule has 0 bridgehead atoms.